The Morgan fingerprint density at radius 2 is 2.19 bits per heavy atom. The molecule has 1 aliphatic rings. The third-order valence-corrected chi connectivity index (χ3v) is 3.18. The van der Waals surface area contributed by atoms with E-state index in [1.165, 1.54) is 12.8 Å². The van der Waals surface area contributed by atoms with E-state index < -0.39 is 0 Å². The molecule has 16 heavy (non-hydrogen) atoms. The summed E-state index contributed by atoms with van der Waals surface area (Å²) in [6.07, 6.45) is 6.99. The van der Waals surface area contributed by atoms with Crippen molar-refractivity contribution >= 4 is 17.2 Å². The Labute approximate surface area is 101 Å². The number of hydrogen-bond donors (Lipinski definition) is 1. The molecule has 1 saturated heterocycles. The van der Waals surface area contributed by atoms with Crippen LogP contribution in [-0.4, -0.2) is 32.4 Å². The third-order valence-electron chi connectivity index (χ3n) is 2.91. The largest absolute Gasteiger partial charge is 0.392 e. The highest BCUT2D eigenvalue weighted by Crippen LogP contribution is 2.18. The standard InChI is InChI=1S/C11H16N4S/c12-11(16)9-4-1-2-7-15(9)8-10-13-5-3-6-14-10/h3,5-6,9H,1-2,4,7-8H2,(H2,12,16). The molecule has 2 heterocycles. The Morgan fingerprint density at radius 1 is 1.44 bits per heavy atom. The summed E-state index contributed by atoms with van der Waals surface area (Å²) in [5.41, 5.74) is 5.76. The highest BCUT2D eigenvalue weighted by molar-refractivity contribution is 7.80. The van der Waals surface area contributed by atoms with Crippen molar-refractivity contribution in [2.24, 2.45) is 5.73 Å². The Morgan fingerprint density at radius 3 is 2.88 bits per heavy atom. The zero-order valence-electron chi connectivity index (χ0n) is 9.17. The molecule has 1 aromatic rings. The maximum Gasteiger partial charge on any atom is 0.142 e. The van der Waals surface area contributed by atoms with Gasteiger partial charge in [-0.25, -0.2) is 9.97 Å². The quantitative estimate of drug-likeness (QED) is 0.797. The molecule has 0 amide bonds. The maximum atomic E-state index is 5.76. The summed E-state index contributed by atoms with van der Waals surface area (Å²) in [5, 5.41) is 0. The molecule has 2 N–H and O–H groups in total. The third kappa shape index (κ3) is 2.74. The van der Waals surface area contributed by atoms with Gasteiger partial charge in [0.25, 0.3) is 0 Å². The number of nitrogens with zero attached hydrogens (tertiary/aromatic N) is 3. The lowest BCUT2D eigenvalue weighted by Crippen LogP contribution is -2.46. The molecule has 0 saturated carbocycles. The van der Waals surface area contributed by atoms with Crippen LogP contribution in [-0.2, 0) is 6.54 Å². The van der Waals surface area contributed by atoms with E-state index in [1.54, 1.807) is 12.4 Å². The van der Waals surface area contributed by atoms with Crippen LogP contribution >= 0.6 is 12.2 Å². The van der Waals surface area contributed by atoms with Gasteiger partial charge in [-0.15, -0.1) is 0 Å². The van der Waals surface area contributed by atoms with E-state index in [0.29, 0.717) is 4.99 Å². The van der Waals surface area contributed by atoms with Crippen molar-refractivity contribution in [3.05, 3.63) is 24.3 Å². The first kappa shape index (κ1) is 11.4. The zero-order chi connectivity index (χ0) is 11.4. The number of piperidine rings is 1. The minimum Gasteiger partial charge on any atom is -0.392 e. The van der Waals surface area contributed by atoms with E-state index in [4.69, 9.17) is 18.0 Å². The summed E-state index contributed by atoms with van der Waals surface area (Å²) in [4.78, 5) is 11.3. The van der Waals surface area contributed by atoms with Gasteiger partial charge in [-0.3, -0.25) is 4.90 Å². The first-order valence-corrected chi connectivity index (χ1v) is 5.97. The number of nitrogens with two attached hydrogens (primary N) is 1. The second-order valence-corrected chi connectivity index (χ2v) is 4.52. The van der Waals surface area contributed by atoms with Crippen molar-refractivity contribution in [2.45, 2.75) is 31.8 Å². The van der Waals surface area contributed by atoms with Gasteiger partial charge in [0.15, 0.2) is 0 Å². The van der Waals surface area contributed by atoms with Gasteiger partial charge in [-0.2, -0.15) is 0 Å². The summed E-state index contributed by atoms with van der Waals surface area (Å²) >= 11 is 5.10. The fourth-order valence-electron chi connectivity index (χ4n) is 2.10. The van der Waals surface area contributed by atoms with Crippen LogP contribution in [0.4, 0.5) is 0 Å². The SMILES string of the molecule is NC(=S)C1CCCCN1Cc1ncccn1. The molecule has 1 unspecified atom stereocenters. The molecular formula is C11H16N4S. The van der Waals surface area contributed by atoms with Crippen molar-refractivity contribution in [2.75, 3.05) is 6.54 Å². The van der Waals surface area contributed by atoms with Gasteiger partial charge < -0.3 is 5.73 Å². The van der Waals surface area contributed by atoms with Crippen LogP contribution in [0.2, 0.25) is 0 Å². The summed E-state index contributed by atoms with van der Waals surface area (Å²) in [6, 6.07) is 2.04. The minimum atomic E-state index is 0.215. The minimum absolute atomic E-state index is 0.215. The predicted molar refractivity (Wildman–Crippen MR) is 66.9 cm³/mol. The number of likely N-dealkylation sites (tertiary alicyclic amines) is 1. The molecule has 1 aliphatic heterocycles. The molecule has 86 valence electrons. The molecule has 0 bridgehead atoms. The van der Waals surface area contributed by atoms with Crippen LogP contribution in [0.3, 0.4) is 0 Å². The van der Waals surface area contributed by atoms with Gasteiger partial charge >= 0.3 is 0 Å². The Bertz CT molecular complexity index is 354. The first-order valence-electron chi connectivity index (χ1n) is 5.56. The monoisotopic (exact) mass is 236 g/mol. The molecule has 0 spiro atoms. The van der Waals surface area contributed by atoms with Crippen LogP contribution in [0.25, 0.3) is 0 Å². The molecule has 1 atom stereocenters. The number of aromatic nitrogens is 2. The van der Waals surface area contributed by atoms with Gasteiger partial charge in [0.05, 0.1) is 17.6 Å². The predicted octanol–water partition coefficient (Wildman–Crippen LogP) is 1.12. The second kappa shape index (κ2) is 5.32. The zero-order valence-corrected chi connectivity index (χ0v) is 9.99. The van der Waals surface area contributed by atoms with E-state index in [2.05, 4.69) is 14.9 Å². The maximum absolute atomic E-state index is 5.76. The molecule has 1 fully saturated rings. The smallest absolute Gasteiger partial charge is 0.142 e. The molecule has 0 aromatic carbocycles. The Hall–Kier alpha value is -1.07. The van der Waals surface area contributed by atoms with Crippen molar-refractivity contribution in [1.29, 1.82) is 0 Å². The van der Waals surface area contributed by atoms with Crippen LogP contribution in [0.15, 0.2) is 18.5 Å². The van der Waals surface area contributed by atoms with Crippen molar-refractivity contribution < 1.29 is 0 Å². The van der Waals surface area contributed by atoms with E-state index in [0.717, 1.165) is 25.3 Å². The van der Waals surface area contributed by atoms with Crippen LogP contribution < -0.4 is 5.73 Å². The van der Waals surface area contributed by atoms with Gasteiger partial charge in [0, 0.05) is 12.4 Å². The van der Waals surface area contributed by atoms with E-state index in [9.17, 15) is 0 Å². The van der Waals surface area contributed by atoms with Gasteiger partial charge in [0.1, 0.15) is 5.82 Å². The van der Waals surface area contributed by atoms with Crippen LogP contribution in [0, 0.1) is 0 Å². The van der Waals surface area contributed by atoms with Gasteiger partial charge in [-0.1, -0.05) is 18.6 Å². The van der Waals surface area contributed by atoms with Crippen molar-refractivity contribution in [1.82, 2.24) is 14.9 Å². The van der Waals surface area contributed by atoms with Gasteiger partial charge in [-0.05, 0) is 25.5 Å². The molecule has 1 aromatic heterocycles. The van der Waals surface area contributed by atoms with Crippen molar-refractivity contribution in [3.63, 3.8) is 0 Å². The summed E-state index contributed by atoms with van der Waals surface area (Å²) in [5.74, 6) is 0.839. The van der Waals surface area contributed by atoms with Gasteiger partial charge in [0.2, 0.25) is 0 Å². The fraction of sp³-hybridized carbons (Fsp3) is 0.545. The highest BCUT2D eigenvalue weighted by atomic mass is 32.1. The molecular weight excluding hydrogens is 220 g/mol. The summed E-state index contributed by atoms with van der Waals surface area (Å²) in [6.45, 7) is 1.77. The van der Waals surface area contributed by atoms with Crippen LogP contribution in [0.5, 0.6) is 0 Å². The molecule has 0 radical (unpaired) electrons. The normalized spacial score (nSPS) is 21.9. The average molecular weight is 236 g/mol. The Balaban J connectivity index is 2.04. The van der Waals surface area contributed by atoms with Crippen LogP contribution in [0.1, 0.15) is 25.1 Å². The van der Waals surface area contributed by atoms with Crippen molar-refractivity contribution in [3.8, 4) is 0 Å². The molecule has 4 nitrogen and oxygen atoms in total. The number of rotatable bonds is 3. The Kier molecular flexibility index (Phi) is 3.79. The second-order valence-electron chi connectivity index (χ2n) is 4.05. The summed E-state index contributed by atoms with van der Waals surface area (Å²) < 4.78 is 0. The topological polar surface area (TPSA) is 55.0 Å². The number of hydrogen-bond acceptors (Lipinski definition) is 4. The number of thiocarbonyl (C=S) groups is 1. The first-order chi connectivity index (χ1) is 7.77. The molecule has 2 rings (SSSR count). The average Bonchev–Trinajstić information content (AvgIpc) is 2.31. The van der Waals surface area contributed by atoms with E-state index in [1.807, 2.05) is 6.07 Å². The van der Waals surface area contributed by atoms with E-state index >= 15 is 0 Å². The lowest BCUT2D eigenvalue weighted by molar-refractivity contribution is 0.180. The lowest BCUT2D eigenvalue weighted by atomic mass is 10.0. The molecule has 5 heteroatoms. The highest BCUT2D eigenvalue weighted by Gasteiger charge is 2.24. The summed E-state index contributed by atoms with van der Waals surface area (Å²) in [7, 11) is 0. The van der Waals surface area contributed by atoms with E-state index in [-0.39, 0.29) is 6.04 Å². The molecule has 0 aliphatic carbocycles. The lowest BCUT2D eigenvalue weighted by Gasteiger charge is -2.34. The fourth-order valence-corrected chi connectivity index (χ4v) is 2.36.